The van der Waals surface area contributed by atoms with Crippen LogP contribution in [0.2, 0.25) is 15.1 Å². The third-order valence-electron chi connectivity index (χ3n) is 6.08. The zero-order chi connectivity index (χ0) is 24.8. The molecule has 0 aliphatic carbocycles. The summed E-state index contributed by atoms with van der Waals surface area (Å²) < 4.78 is 0. The molecule has 6 heteroatoms. The van der Waals surface area contributed by atoms with Crippen LogP contribution in [0.15, 0.2) is 84.9 Å². The predicted octanol–water partition coefficient (Wildman–Crippen LogP) is 8.07. The quantitative estimate of drug-likeness (QED) is 0.240. The monoisotopic (exact) mass is 524 g/mol. The minimum Gasteiger partial charge on any atom is -0.334 e. The lowest BCUT2D eigenvalue weighted by molar-refractivity contribution is -0.132. The van der Waals surface area contributed by atoms with Crippen molar-refractivity contribution in [2.45, 2.75) is 32.5 Å². The molecule has 0 radical (unpaired) electrons. The van der Waals surface area contributed by atoms with Gasteiger partial charge in [-0.3, -0.25) is 4.79 Å². The van der Waals surface area contributed by atoms with Crippen LogP contribution in [0.1, 0.15) is 36.1 Å². The Morgan fingerprint density at radius 1 is 0.829 bits per heavy atom. The molecule has 1 N–H and O–H groups in total. The summed E-state index contributed by atoms with van der Waals surface area (Å²) in [5.74, 6) is 0.0589. The number of nitrogens with one attached hydrogen (secondary N) is 1. The standard InChI is InChI=1S/C29H27Cl3N2O/c1-20(25-8-4-6-23-5-2-3-7-26(23)25)33-16-15-29(35)34(18-21-9-12-24(30)13-10-21)19-22-11-14-27(31)28(32)17-22/h2-14,17,20,33H,15-16,18-19H2,1H3/t20-/m1/s1. The van der Waals surface area contributed by atoms with E-state index in [0.717, 1.165) is 11.1 Å². The largest absolute Gasteiger partial charge is 0.334 e. The minimum atomic E-state index is 0.0589. The number of hydrogen-bond donors (Lipinski definition) is 1. The molecular formula is C29H27Cl3N2O. The summed E-state index contributed by atoms with van der Waals surface area (Å²) in [6.45, 7) is 3.63. The van der Waals surface area contributed by atoms with Crippen molar-refractivity contribution in [2.75, 3.05) is 6.54 Å². The SMILES string of the molecule is C[C@@H](NCCC(=O)N(Cc1ccc(Cl)cc1)Cc1ccc(Cl)c(Cl)c1)c1cccc2ccccc12. The molecule has 4 rings (SSSR count). The second-order valence-corrected chi connectivity index (χ2v) is 9.87. The first-order valence-electron chi connectivity index (χ1n) is 11.6. The van der Waals surface area contributed by atoms with Crippen molar-refractivity contribution in [3.8, 4) is 0 Å². The molecule has 0 heterocycles. The number of hydrogen-bond acceptors (Lipinski definition) is 2. The molecule has 4 aromatic carbocycles. The number of nitrogens with zero attached hydrogens (tertiary/aromatic N) is 1. The Bertz CT molecular complexity index is 1300. The Balaban J connectivity index is 1.43. The second-order valence-electron chi connectivity index (χ2n) is 8.62. The maximum atomic E-state index is 13.3. The van der Waals surface area contributed by atoms with Crippen molar-refractivity contribution >= 4 is 51.5 Å². The smallest absolute Gasteiger partial charge is 0.224 e. The van der Waals surface area contributed by atoms with Crippen molar-refractivity contribution in [3.63, 3.8) is 0 Å². The summed E-state index contributed by atoms with van der Waals surface area (Å²) in [4.78, 5) is 15.1. The van der Waals surface area contributed by atoms with Gasteiger partial charge in [0, 0.05) is 37.1 Å². The van der Waals surface area contributed by atoms with Gasteiger partial charge in [0.2, 0.25) is 5.91 Å². The fourth-order valence-corrected chi connectivity index (χ4v) is 4.64. The van der Waals surface area contributed by atoms with E-state index in [9.17, 15) is 4.79 Å². The number of rotatable bonds is 9. The van der Waals surface area contributed by atoms with Gasteiger partial charge in [-0.25, -0.2) is 0 Å². The topological polar surface area (TPSA) is 32.3 Å². The van der Waals surface area contributed by atoms with Gasteiger partial charge in [-0.15, -0.1) is 0 Å². The summed E-state index contributed by atoms with van der Waals surface area (Å²) >= 11 is 18.3. The molecule has 0 saturated carbocycles. The first kappa shape index (κ1) is 25.5. The number of carbonyl (C=O) groups is 1. The highest BCUT2D eigenvalue weighted by molar-refractivity contribution is 6.42. The normalized spacial score (nSPS) is 12.0. The summed E-state index contributed by atoms with van der Waals surface area (Å²) in [5.41, 5.74) is 3.17. The van der Waals surface area contributed by atoms with E-state index in [2.05, 4.69) is 48.6 Å². The lowest BCUT2D eigenvalue weighted by atomic mass is 9.99. The van der Waals surface area contributed by atoms with Crippen LogP contribution >= 0.6 is 34.8 Å². The lowest BCUT2D eigenvalue weighted by Crippen LogP contribution is -2.33. The molecule has 0 aliphatic heterocycles. The van der Waals surface area contributed by atoms with Gasteiger partial charge in [-0.1, -0.05) is 95.5 Å². The average molecular weight is 526 g/mol. The van der Waals surface area contributed by atoms with Crippen LogP contribution in [0.25, 0.3) is 10.8 Å². The molecule has 1 atom stereocenters. The van der Waals surface area contributed by atoms with Crippen molar-refractivity contribution in [3.05, 3.63) is 117 Å². The molecule has 180 valence electrons. The molecule has 35 heavy (non-hydrogen) atoms. The average Bonchev–Trinajstić information content (AvgIpc) is 2.86. The van der Waals surface area contributed by atoms with Gasteiger partial charge in [-0.05, 0) is 58.7 Å². The highest BCUT2D eigenvalue weighted by Gasteiger charge is 2.16. The van der Waals surface area contributed by atoms with Crippen molar-refractivity contribution < 1.29 is 4.79 Å². The third-order valence-corrected chi connectivity index (χ3v) is 7.07. The van der Waals surface area contributed by atoms with Gasteiger partial charge in [-0.2, -0.15) is 0 Å². The molecule has 0 unspecified atom stereocenters. The van der Waals surface area contributed by atoms with Crippen LogP contribution < -0.4 is 5.32 Å². The second kappa shape index (κ2) is 11.9. The van der Waals surface area contributed by atoms with Gasteiger partial charge in [0.15, 0.2) is 0 Å². The summed E-state index contributed by atoms with van der Waals surface area (Å²) in [5, 5.41) is 7.61. The summed E-state index contributed by atoms with van der Waals surface area (Å²) in [6.07, 6.45) is 0.379. The Hall–Kier alpha value is -2.56. The van der Waals surface area contributed by atoms with Gasteiger partial charge in [0.05, 0.1) is 10.0 Å². The lowest BCUT2D eigenvalue weighted by Gasteiger charge is -2.24. The number of benzene rings is 4. The van der Waals surface area contributed by atoms with Gasteiger partial charge in [0.25, 0.3) is 0 Å². The van der Waals surface area contributed by atoms with E-state index >= 15 is 0 Å². The molecule has 0 bridgehead atoms. The van der Waals surface area contributed by atoms with E-state index < -0.39 is 0 Å². The first-order valence-corrected chi connectivity index (χ1v) is 12.7. The van der Waals surface area contributed by atoms with E-state index in [1.54, 1.807) is 6.07 Å². The molecule has 4 aromatic rings. The van der Waals surface area contributed by atoms with Gasteiger partial charge >= 0.3 is 0 Å². The Morgan fingerprint density at radius 2 is 1.51 bits per heavy atom. The molecule has 0 aromatic heterocycles. The Labute approximate surface area is 221 Å². The predicted molar refractivity (Wildman–Crippen MR) is 147 cm³/mol. The van der Waals surface area contributed by atoms with Gasteiger partial charge < -0.3 is 10.2 Å². The Morgan fingerprint density at radius 3 is 2.29 bits per heavy atom. The number of carbonyl (C=O) groups excluding carboxylic acids is 1. The zero-order valence-corrected chi connectivity index (χ0v) is 21.7. The van der Waals surface area contributed by atoms with E-state index in [0.29, 0.717) is 41.1 Å². The molecule has 1 amide bonds. The van der Waals surface area contributed by atoms with Crippen molar-refractivity contribution in [2.24, 2.45) is 0 Å². The zero-order valence-electron chi connectivity index (χ0n) is 19.5. The van der Waals surface area contributed by atoms with Crippen LogP contribution in [0.5, 0.6) is 0 Å². The van der Waals surface area contributed by atoms with Crippen LogP contribution in [0.3, 0.4) is 0 Å². The van der Waals surface area contributed by atoms with E-state index in [4.69, 9.17) is 34.8 Å². The van der Waals surface area contributed by atoms with E-state index in [-0.39, 0.29) is 11.9 Å². The van der Waals surface area contributed by atoms with Crippen LogP contribution in [-0.4, -0.2) is 17.4 Å². The highest BCUT2D eigenvalue weighted by Crippen LogP contribution is 2.25. The van der Waals surface area contributed by atoms with Crippen LogP contribution in [-0.2, 0) is 17.9 Å². The Kier molecular flexibility index (Phi) is 8.69. The third kappa shape index (κ3) is 6.77. The number of amides is 1. The van der Waals surface area contributed by atoms with Crippen molar-refractivity contribution in [1.82, 2.24) is 10.2 Å². The van der Waals surface area contributed by atoms with Gasteiger partial charge in [0.1, 0.15) is 0 Å². The van der Waals surface area contributed by atoms with E-state index in [1.807, 2.05) is 47.4 Å². The van der Waals surface area contributed by atoms with Crippen molar-refractivity contribution in [1.29, 1.82) is 0 Å². The van der Waals surface area contributed by atoms with Crippen LogP contribution in [0.4, 0.5) is 0 Å². The summed E-state index contributed by atoms with van der Waals surface area (Å²) in [6, 6.07) is 27.8. The molecule has 0 fully saturated rings. The fraction of sp³-hybridized carbons (Fsp3) is 0.207. The maximum absolute atomic E-state index is 13.3. The fourth-order valence-electron chi connectivity index (χ4n) is 4.19. The minimum absolute atomic E-state index is 0.0589. The molecule has 0 spiro atoms. The number of fused-ring (bicyclic) bond motifs is 1. The summed E-state index contributed by atoms with van der Waals surface area (Å²) in [7, 11) is 0. The maximum Gasteiger partial charge on any atom is 0.224 e. The molecule has 0 aliphatic rings. The molecule has 3 nitrogen and oxygen atoms in total. The number of halogens is 3. The highest BCUT2D eigenvalue weighted by atomic mass is 35.5. The molecule has 0 saturated heterocycles. The molecular weight excluding hydrogens is 499 g/mol. The first-order chi connectivity index (χ1) is 16.9. The van der Waals surface area contributed by atoms with Crippen LogP contribution in [0, 0.1) is 0 Å². The van der Waals surface area contributed by atoms with E-state index in [1.165, 1.54) is 16.3 Å².